The molecule has 5 rings (SSSR count). The average molecular weight is 753 g/mol. The zero-order chi connectivity index (χ0) is 38.2. The number of benzene rings is 2. The van der Waals surface area contributed by atoms with Crippen molar-refractivity contribution in [2.45, 2.75) is 93.8 Å². The van der Waals surface area contributed by atoms with E-state index in [-0.39, 0.29) is 29.1 Å². The molecular formula is C38H46N3O9S2+. The highest BCUT2D eigenvalue weighted by atomic mass is 32.2. The number of fused-ring (bicyclic) bond motifs is 2. The van der Waals surface area contributed by atoms with Crippen LogP contribution in [0.3, 0.4) is 0 Å². The number of anilines is 1. The summed E-state index contributed by atoms with van der Waals surface area (Å²) in [7, 11) is -7.79. The van der Waals surface area contributed by atoms with Crippen molar-refractivity contribution in [1.29, 1.82) is 0 Å². The molecule has 1 fully saturated rings. The third-order valence-corrected chi connectivity index (χ3v) is 11.9. The van der Waals surface area contributed by atoms with E-state index in [2.05, 4.69) is 30.2 Å². The number of hydroxylamine groups is 2. The Bertz CT molecular complexity index is 2150. The Labute approximate surface area is 305 Å². The van der Waals surface area contributed by atoms with Gasteiger partial charge in [0, 0.05) is 73.0 Å². The van der Waals surface area contributed by atoms with Gasteiger partial charge in [0.25, 0.3) is 21.9 Å². The van der Waals surface area contributed by atoms with Crippen molar-refractivity contribution in [3.8, 4) is 0 Å². The van der Waals surface area contributed by atoms with Gasteiger partial charge >= 0.3 is 5.97 Å². The van der Waals surface area contributed by atoms with Crippen LogP contribution in [-0.4, -0.2) is 73.9 Å². The lowest BCUT2D eigenvalue weighted by atomic mass is 9.81. The lowest BCUT2D eigenvalue weighted by Gasteiger charge is -2.25. The number of nitrogens with zero attached hydrogens (tertiary/aromatic N) is 3. The molecule has 3 aliphatic heterocycles. The van der Waals surface area contributed by atoms with E-state index in [1.54, 1.807) is 18.2 Å². The Morgan fingerprint density at radius 1 is 0.885 bits per heavy atom. The fourth-order valence-electron chi connectivity index (χ4n) is 7.16. The van der Waals surface area contributed by atoms with Crippen molar-refractivity contribution >= 4 is 54.8 Å². The Hall–Kier alpha value is -4.40. The summed E-state index contributed by atoms with van der Waals surface area (Å²) in [4.78, 5) is 43.0. The molecule has 0 bridgehead atoms. The third kappa shape index (κ3) is 7.69. The largest absolute Gasteiger partial charge is 0.344 e. The summed E-state index contributed by atoms with van der Waals surface area (Å²) < 4.78 is 60.5. The van der Waals surface area contributed by atoms with Crippen LogP contribution in [0.5, 0.6) is 0 Å². The maximum absolute atomic E-state index is 12.3. The smallest absolute Gasteiger partial charge is 0.333 e. The van der Waals surface area contributed by atoms with E-state index >= 15 is 0 Å². The quantitative estimate of drug-likeness (QED) is 0.0886. The summed E-state index contributed by atoms with van der Waals surface area (Å²) in [5, 5.41) is 0.550. The second-order valence-corrected chi connectivity index (χ2v) is 17.7. The van der Waals surface area contributed by atoms with Gasteiger partial charge < -0.3 is 9.74 Å². The molecule has 2 amide bonds. The normalized spacial score (nSPS) is 19.1. The molecule has 3 aliphatic rings. The van der Waals surface area contributed by atoms with Crippen molar-refractivity contribution in [2.75, 3.05) is 24.2 Å². The standard InChI is InChI=1S/C38H45N3O9S2/c1-7-39-30-19-17-26(51(6,45)46)24-28(30)37(2,3)32(39)14-10-8-11-15-33-38(4,5)29-25-27(52(47,48)49)18-20-31(29)40(33)23-13-9-12-16-36(44)50-41-34(42)21-22-35(41)43/h8,10-11,14-15,17-20,24-25H,7,9,12-13,16,21-23H2,1-6H3/p+1. The second-order valence-electron chi connectivity index (χ2n) is 14.3. The van der Waals surface area contributed by atoms with Crippen LogP contribution in [0, 0.1) is 0 Å². The molecule has 0 atom stereocenters. The number of carbonyl (C=O) groups excluding carboxylic acids is 3. The minimum absolute atomic E-state index is 0.0341. The van der Waals surface area contributed by atoms with Crippen molar-refractivity contribution in [1.82, 2.24) is 5.06 Å². The van der Waals surface area contributed by atoms with Gasteiger partial charge in [-0.15, -0.1) is 5.06 Å². The van der Waals surface area contributed by atoms with Gasteiger partial charge in [-0.1, -0.05) is 32.1 Å². The molecule has 1 N–H and O–H groups in total. The number of sulfone groups is 1. The van der Waals surface area contributed by atoms with Gasteiger partial charge in [0.05, 0.1) is 15.2 Å². The van der Waals surface area contributed by atoms with Gasteiger partial charge in [-0.05, 0) is 75.6 Å². The van der Waals surface area contributed by atoms with Crippen LogP contribution >= 0.6 is 0 Å². The molecule has 0 aliphatic carbocycles. The molecule has 0 unspecified atom stereocenters. The van der Waals surface area contributed by atoms with Crippen molar-refractivity contribution in [3.05, 3.63) is 83.6 Å². The van der Waals surface area contributed by atoms with E-state index in [0.29, 0.717) is 37.4 Å². The van der Waals surface area contributed by atoms with E-state index < -0.39 is 48.6 Å². The summed E-state index contributed by atoms with van der Waals surface area (Å²) >= 11 is 0. The Balaban J connectivity index is 1.35. The maximum Gasteiger partial charge on any atom is 0.333 e. The Morgan fingerprint density at radius 2 is 1.54 bits per heavy atom. The van der Waals surface area contributed by atoms with Crippen LogP contribution in [0.4, 0.5) is 11.4 Å². The van der Waals surface area contributed by atoms with Gasteiger partial charge in [0.1, 0.15) is 6.54 Å². The van der Waals surface area contributed by atoms with Gasteiger partial charge in [-0.25, -0.2) is 13.2 Å². The maximum atomic E-state index is 12.3. The molecule has 0 radical (unpaired) electrons. The number of allylic oxidation sites excluding steroid dienone is 6. The van der Waals surface area contributed by atoms with E-state index in [0.717, 1.165) is 33.9 Å². The highest BCUT2D eigenvalue weighted by molar-refractivity contribution is 7.90. The molecule has 0 saturated carbocycles. The monoisotopic (exact) mass is 752 g/mol. The van der Waals surface area contributed by atoms with Crippen LogP contribution in [0.2, 0.25) is 0 Å². The highest BCUT2D eigenvalue weighted by Crippen LogP contribution is 2.48. The first-order valence-electron chi connectivity index (χ1n) is 17.3. The predicted octanol–water partition coefficient (Wildman–Crippen LogP) is 5.69. The number of hydrogen-bond donors (Lipinski definition) is 1. The number of rotatable bonds is 13. The summed E-state index contributed by atoms with van der Waals surface area (Å²) in [5.41, 5.74) is 4.36. The van der Waals surface area contributed by atoms with E-state index in [4.69, 9.17) is 4.84 Å². The van der Waals surface area contributed by atoms with Crippen LogP contribution in [0.1, 0.15) is 84.3 Å². The lowest BCUT2D eigenvalue weighted by Crippen LogP contribution is -2.31. The summed E-state index contributed by atoms with van der Waals surface area (Å²) in [6.07, 6.45) is 12.9. The van der Waals surface area contributed by atoms with Crippen LogP contribution in [0.15, 0.2) is 82.3 Å². The zero-order valence-corrected chi connectivity index (χ0v) is 32.0. The minimum atomic E-state index is -4.42. The summed E-state index contributed by atoms with van der Waals surface area (Å²) in [6, 6.07) is 9.85. The van der Waals surface area contributed by atoms with Crippen LogP contribution < -0.4 is 4.90 Å². The molecule has 3 heterocycles. The van der Waals surface area contributed by atoms with E-state index in [1.165, 1.54) is 18.4 Å². The molecule has 52 heavy (non-hydrogen) atoms. The molecule has 1 saturated heterocycles. The first kappa shape index (κ1) is 38.8. The summed E-state index contributed by atoms with van der Waals surface area (Å²) in [6.45, 7) is 11.4. The topological polar surface area (TPSA) is 158 Å². The Kier molecular flexibility index (Phi) is 10.9. The number of amides is 2. The SMILES string of the molecule is CCN1\C(=C/C=C/C=C/C2=[N+](CCCCCC(=O)ON3C(=O)CCC3=O)c3ccc(S(=O)(=O)O)cc3C2(C)C)C(C)(C)c2cc(S(C)(=O)=O)ccc21. The average Bonchev–Trinajstić information content (AvgIpc) is 3.58. The molecular weight excluding hydrogens is 707 g/mol. The van der Waals surface area contributed by atoms with Crippen LogP contribution in [0.25, 0.3) is 0 Å². The first-order chi connectivity index (χ1) is 24.3. The Morgan fingerprint density at radius 3 is 2.17 bits per heavy atom. The van der Waals surface area contributed by atoms with Gasteiger partial charge in [-0.3, -0.25) is 14.1 Å². The van der Waals surface area contributed by atoms with Crippen LogP contribution in [-0.2, 0) is 50.0 Å². The fourth-order valence-corrected chi connectivity index (χ4v) is 8.31. The second kappa shape index (κ2) is 14.6. The third-order valence-electron chi connectivity index (χ3n) is 9.96. The molecule has 12 nitrogen and oxygen atoms in total. The van der Waals surface area contributed by atoms with E-state index in [1.807, 2.05) is 50.3 Å². The highest BCUT2D eigenvalue weighted by Gasteiger charge is 2.45. The molecule has 2 aromatic carbocycles. The van der Waals surface area contributed by atoms with Gasteiger partial charge in [-0.2, -0.15) is 13.0 Å². The predicted molar refractivity (Wildman–Crippen MR) is 197 cm³/mol. The summed E-state index contributed by atoms with van der Waals surface area (Å²) in [5.74, 6) is -1.68. The molecule has 0 spiro atoms. The molecule has 2 aromatic rings. The number of likely N-dealkylation sites (N-methyl/N-ethyl adjacent to an activating group) is 1. The molecule has 14 heteroatoms. The van der Waals surface area contributed by atoms with Crippen molar-refractivity contribution in [2.24, 2.45) is 0 Å². The fraction of sp³-hybridized carbons (Fsp3) is 0.421. The first-order valence-corrected chi connectivity index (χ1v) is 20.6. The lowest BCUT2D eigenvalue weighted by molar-refractivity contribution is -0.438. The minimum Gasteiger partial charge on any atom is -0.344 e. The van der Waals surface area contributed by atoms with E-state index in [9.17, 15) is 35.8 Å². The number of hydrogen-bond acceptors (Lipinski definition) is 9. The number of unbranched alkanes of at least 4 members (excludes halogenated alkanes) is 2. The van der Waals surface area contributed by atoms with Crippen molar-refractivity contribution < 1.29 is 45.2 Å². The van der Waals surface area contributed by atoms with Crippen molar-refractivity contribution in [3.63, 3.8) is 0 Å². The van der Waals surface area contributed by atoms with Gasteiger partial charge in [0.15, 0.2) is 15.5 Å². The number of carbonyl (C=O) groups is 3. The number of imide groups is 1. The molecule has 0 aromatic heterocycles. The zero-order valence-electron chi connectivity index (χ0n) is 30.4. The molecule has 278 valence electrons. The van der Waals surface area contributed by atoms with Gasteiger partial charge in [0.2, 0.25) is 5.69 Å².